The van der Waals surface area contributed by atoms with E-state index in [1.54, 1.807) is 24.3 Å². The zero-order chi connectivity index (χ0) is 17.6. The minimum atomic E-state index is -0.454. The lowest BCUT2D eigenvalue weighted by atomic mass is 10.1. The molecule has 3 aromatic rings. The van der Waals surface area contributed by atoms with Gasteiger partial charge in [0.05, 0.1) is 17.1 Å². The fraction of sp³-hybridized carbons (Fsp3) is 0.100. The first-order valence-electron chi connectivity index (χ1n) is 7.79. The summed E-state index contributed by atoms with van der Waals surface area (Å²) in [5, 5.41) is 5.20. The number of benzene rings is 3. The van der Waals surface area contributed by atoms with Gasteiger partial charge in [0.25, 0.3) is 5.91 Å². The Bertz CT molecular complexity index is 923. The van der Waals surface area contributed by atoms with Crippen molar-refractivity contribution in [3.63, 3.8) is 0 Å². The van der Waals surface area contributed by atoms with Gasteiger partial charge in [-0.05, 0) is 28.5 Å². The highest BCUT2D eigenvalue weighted by Crippen LogP contribution is 2.20. The molecular weight excluding hydrogens is 338 g/mol. The number of hydrogen-bond donors (Lipinski definition) is 1. The van der Waals surface area contributed by atoms with Crippen molar-refractivity contribution >= 4 is 39.9 Å². The van der Waals surface area contributed by atoms with E-state index >= 15 is 0 Å². The molecule has 0 atom stereocenters. The van der Waals surface area contributed by atoms with Gasteiger partial charge in [-0.1, -0.05) is 66.2 Å². The molecule has 0 saturated heterocycles. The topological polar surface area (TPSA) is 55.4 Å². The molecule has 0 spiro atoms. The molecule has 0 aliphatic rings. The quantitative estimate of drug-likeness (QED) is 0.699. The average Bonchev–Trinajstić information content (AvgIpc) is 2.62. The van der Waals surface area contributed by atoms with Crippen LogP contribution in [0.5, 0.6) is 0 Å². The summed E-state index contributed by atoms with van der Waals surface area (Å²) < 4.78 is 5.04. The Morgan fingerprint density at radius 2 is 1.64 bits per heavy atom. The molecule has 0 aliphatic heterocycles. The molecule has 0 aromatic heterocycles. The number of para-hydroxylation sites is 1. The molecule has 0 fully saturated rings. The van der Waals surface area contributed by atoms with Gasteiger partial charge in [0, 0.05) is 0 Å². The zero-order valence-corrected chi connectivity index (χ0v) is 14.1. The number of carbonyl (C=O) groups excluding carboxylic acids is 2. The number of carbonyl (C=O) groups is 2. The van der Waals surface area contributed by atoms with E-state index in [0.29, 0.717) is 10.7 Å². The molecule has 126 valence electrons. The highest BCUT2D eigenvalue weighted by atomic mass is 35.5. The van der Waals surface area contributed by atoms with Crippen LogP contribution >= 0.6 is 11.6 Å². The molecular formula is C20H16ClNO3. The van der Waals surface area contributed by atoms with E-state index in [9.17, 15) is 9.59 Å². The van der Waals surface area contributed by atoms with Crippen LogP contribution in [0.3, 0.4) is 0 Å². The van der Waals surface area contributed by atoms with Crippen LogP contribution < -0.4 is 5.32 Å². The Kier molecular flexibility index (Phi) is 5.31. The predicted octanol–water partition coefficient (Wildman–Crippen LogP) is 4.22. The number of amides is 1. The zero-order valence-electron chi connectivity index (χ0n) is 13.4. The van der Waals surface area contributed by atoms with Crippen LogP contribution in [0.25, 0.3) is 10.8 Å². The summed E-state index contributed by atoms with van der Waals surface area (Å²) in [6.07, 6.45) is 0.115. The smallest absolute Gasteiger partial charge is 0.310 e. The van der Waals surface area contributed by atoms with Crippen LogP contribution in [0.15, 0.2) is 66.7 Å². The maximum absolute atomic E-state index is 11.9. The number of anilines is 1. The number of esters is 1. The molecule has 0 heterocycles. The minimum Gasteiger partial charge on any atom is -0.455 e. The van der Waals surface area contributed by atoms with Gasteiger partial charge < -0.3 is 10.1 Å². The Labute approximate surface area is 150 Å². The summed E-state index contributed by atoms with van der Waals surface area (Å²) in [4.78, 5) is 23.8. The third-order valence-corrected chi connectivity index (χ3v) is 4.00. The van der Waals surface area contributed by atoms with E-state index in [0.717, 1.165) is 16.3 Å². The number of hydrogen-bond acceptors (Lipinski definition) is 3. The van der Waals surface area contributed by atoms with Crippen LogP contribution in [0.4, 0.5) is 5.69 Å². The van der Waals surface area contributed by atoms with E-state index in [2.05, 4.69) is 5.32 Å². The molecule has 0 aliphatic carbocycles. The third kappa shape index (κ3) is 4.58. The lowest BCUT2D eigenvalue weighted by Crippen LogP contribution is -2.21. The summed E-state index contributed by atoms with van der Waals surface area (Å²) in [6.45, 7) is -0.350. The molecule has 4 nitrogen and oxygen atoms in total. The fourth-order valence-electron chi connectivity index (χ4n) is 2.46. The van der Waals surface area contributed by atoms with Crippen LogP contribution in [0.2, 0.25) is 5.02 Å². The van der Waals surface area contributed by atoms with Gasteiger partial charge in [-0.3, -0.25) is 9.59 Å². The molecule has 3 rings (SSSR count). The molecule has 1 amide bonds. The fourth-order valence-corrected chi connectivity index (χ4v) is 2.64. The van der Waals surface area contributed by atoms with Crippen molar-refractivity contribution in [1.82, 2.24) is 0 Å². The van der Waals surface area contributed by atoms with Gasteiger partial charge in [-0.15, -0.1) is 0 Å². The van der Waals surface area contributed by atoms with Gasteiger partial charge in [-0.2, -0.15) is 0 Å². The van der Waals surface area contributed by atoms with E-state index < -0.39 is 11.9 Å². The summed E-state index contributed by atoms with van der Waals surface area (Å²) >= 11 is 5.96. The largest absolute Gasteiger partial charge is 0.455 e. The van der Waals surface area contributed by atoms with Crippen LogP contribution in [0.1, 0.15) is 5.56 Å². The van der Waals surface area contributed by atoms with Crippen LogP contribution in [-0.2, 0) is 20.7 Å². The van der Waals surface area contributed by atoms with Crippen molar-refractivity contribution < 1.29 is 14.3 Å². The molecule has 0 unspecified atom stereocenters. The van der Waals surface area contributed by atoms with Gasteiger partial charge in [0.1, 0.15) is 0 Å². The molecule has 3 aromatic carbocycles. The Hall–Kier alpha value is -2.85. The van der Waals surface area contributed by atoms with Crippen molar-refractivity contribution in [2.24, 2.45) is 0 Å². The van der Waals surface area contributed by atoms with Crippen LogP contribution in [-0.4, -0.2) is 18.5 Å². The monoisotopic (exact) mass is 353 g/mol. The summed E-state index contributed by atoms with van der Waals surface area (Å²) in [7, 11) is 0. The summed E-state index contributed by atoms with van der Waals surface area (Å²) in [5.74, 6) is -0.885. The second-order valence-corrected chi connectivity index (χ2v) is 5.95. The maximum atomic E-state index is 11.9. The predicted molar refractivity (Wildman–Crippen MR) is 98.7 cm³/mol. The van der Waals surface area contributed by atoms with Crippen LogP contribution in [0, 0.1) is 0 Å². The van der Waals surface area contributed by atoms with Gasteiger partial charge in [-0.25, -0.2) is 0 Å². The number of rotatable bonds is 5. The van der Waals surface area contributed by atoms with Crippen molar-refractivity contribution in [3.8, 4) is 0 Å². The van der Waals surface area contributed by atoms with Crippen molar-refractivity contribution in [2.45, 2.75) is 6.42 Å². The second-order valence-electron chi connectivity index (χ2n) is 5.55. The number of halogens is 1. The average molecular weight is 354 g/mol. The first kappa shape index (κ1) is 17.0. The van der Waals surface area contributed by atoms with Gasteiger partial charge in [0.2, 0.25) is 0 Å². The maximum Gasteiger partial charge on any atom is 0.310 e. The minimum absolute atomic E-state index is 0.115. The molecule has 0 saturated carbocycles. The molecule has 25 heavy (non-hydrogen) atoms. The highest BCUT2D eigenvalue weighted by molar-refractivity contribution is 6.33. The third-order valence-electron chi connectivity index (χ3n) is 3.67. The van der Waals surface area contributed by atoms with E-state index in [4.69, 9.17) is 16.3 Å². The summed E-state index contributed by atoms with van der Waals surface area (Å²) in [6, 6.07) is 20.6. The SMILES string of the molecule is O=C(COC(=O)Cc1ccc2ccccc2c1)Nc1ccccc1Cl. The van der Waals surface area contributed by atoms with E-state index in [-0.39, 0.29) is 13.0 Å². The molecule has 0 bridgehead atoms. The Morgan fingerprint density at radius 1 is 0.920 bits per heavy atom. The Balaban J connectivity index is 1.53. The van der Waals surface area contributed by atoms with Crippen molar-refractivity contribution in [1.29, 1.82) is 0 Å². The van der Waals surface area contributed by atoms with E-state index in [1.165, 1.54) is 0 Å². The lowest BCUT2D eigenvalue weighted by Gasteiger charge is -2.08. The van der Waals surface area contributed by atoms with E-state index in [1.807, 2.05) is 42.5 Å². The van der Waals surface area contributed by atoms with Gasteiger partial charge in [0.15, 0.2) is 6.61 Å². The number of nitrogens with one attached hydrogen (secondary N) is 1. The standard InChI is InChI=1S/C20H16ClNO3/c21-17-7-3-4-8-18(17)22-19(23)13-25-20(24)12-14-9-10-15-5-1-2-6-16(15)11-14/h1-11H,12-13H2,(H,22,23). The summed E-state index contributed by atoms with van der Waals surface area (Å²) in [5.41, 5.74) is 1.33. The second kappa shape index (κ2) is 7.81. The molecule has 5 heteroatoms. The number of fused-ring (bicyclic) bond motifs is 1. The molecule has 1 N–H and O–H groups in total. The van der Waals surface area contributed by atoms with Crippen molar-refractivity contribution in [3.05, 3.63) is 77.3 Å². The first-order chi connectivity index (χ1) is 12.1. The Morgan fingerprint density at radius 3 is 2.44 bits per heavy atom. The van der Waals surface area contributed by atoms with Gasteiger partial charge >= 0.3 is 5.97 Å². The normalized spacial score (nSPS) is 10.4. The first-order valence-corrected chi connectivity index (χ1v) is 8.17. The number of ether oxygens (including phenoxy) is 1. The lowest BCUT2D eigenvalue weighted by molar-refractivity contribution is -0.146. The van der Waals surface area contributed by atoms with Crippen molar-refractivity contribution in [2.75, 3.05) is 11.9 Å². The molecule has 0 radical (unpaired) electrons. The highest BCUT2D eigenvalue weighted by Gasteiger charge is 2.10.